The first-order valence-electron chi connectivity index (χ1n) is 10.3. The molecule has 0 saturated carbocycles. The molecule has 2 heterocycles. The van der Waals surface area contributed by atoms with Gasteiger partial charge in [-0.2, -0.15) is 0 Å². The summed E-state index contributed by atoms with van der Waals surface area (Å²) in [5.41, 5.74) is 0.880. The second-order valence-corrected chi connectivity index (χ2v) is 7.47. The van der Waals surface area contributed by atoms with Crippen molar-refractivity contribution in [2.45, 2.75) is 19.4 Å². The van der Waals surface area contributed by atoms with Crippen molar-refractivity contribution in [3.05, 3.63) is 53.1 Å². The number of esters is 1. The largest absolute Gasteiger partial charge is 0.454 e. The van der Waals surface area contributed by atoms with Crippen molar-refractivity contribution < 1.29 is 38.1 Å². The smallest absolute Gasteiger partial charge is 0.338 e. The van der Waals surface area contributed by atoms with Gasteiger partial charge in [0.15, 0.2) is 17.6 Å². The average Bonchev–Trinajstić information content (AvgIpc) is 3.36. The van der Waals surface area contributed by atoms with Gasteiger partial charge in [-0.25, -0.2) is 4.79 Å². The monoisotopic (exact) mass is 454 g/mol. The standard InChI is InChI=1S/C23H22N2O8/c1-13(20(26)24-15-5-7-18-19(11-15)32-12-31-18)33-23(29)14-4-6-16-17(10-14)22(28)25(21(16)27)8-3-9-30-2/h4-7,10-11,13H,3,8-9,12H2,1-2H3,(H,24,26). The number of amides is 3. The normalized spacial score (nSPS) is 14.8. The van der Waals surface area contributed by atoms with Crippen molar-refractivity contribution in [2.75, 3.05) is 32.4 Å². The van der Waals surface area contributed by atoms with E-state index in [1.165, 1.54) is 32.2 Å². The third kappa shape index (κ3) is 4.51. The fourth-order valence-corrected chi connectivity index (χ4v) is 3.49. The minimum Gasteiger partial charge on any atom is -0.454 e. The Morgan fingerprint density at radius 3 is 2.61 bits per heavy atom. The number of hydrogen-bond donors (Lipinski definition) is 1. The predicted molar refractivity (Wildman–Crippen MR) is 114 cm³/mol. The number of hydrogen-bond acceptors (Lipinski definition) is 8. The van der Waals surface area contributed by atoms with Crippen molar-refractivity contribution in [3.63, 3.8) is 0 Å². The molecule has 2 aliphatic heterocycles. The Morgan fingerprint density at radius 2 is 1.82 bits per heavy atom. The molecule has 1 atom stereocenters. The molecule has 0 aliphatic carbocycles. The zero-order valence-corrected chi connectivity index (χ0v) is 18.1. The second kappa shape index (κ2) is 9.29. The number of nitrogens with zero attached hydrogens (tertiary/aromatic N) is 1. The van der Waals surface area contributed by atoms with Gasteiger partial charge in [0.25, 0.3) is 17.7 Å². The van der Waals surface area contributed by atoms with Crippen LogP contribution in [0.1, 0.15) is 44.4 Å². The highest BCUT2D eigenvalue weighted by molar-refractivity contribution is 6.22. The molecule has 1 N–H and O–H groups in total. The molecule has 0 radical (unpaired) electrons. The van der Waals surface area contributed by atoms with Crippen molar-refractivity contribution in [2.24, 2.45) is 0 Å². The van der Waals surface area contributed by atoms with Crippen LogP contribution < -0.4 is 14.8 Å². The minimum absolute atomic E-state index is 0.0661. The van der Waals surface area contributed by atoms with Crippen LogP contribution in [0.15, 0.2) is 36.4 Å². The van der Waals surface area contributed by atoms with Gasteiger partial charge in [0.1, 0.15) is 0 Å². The maximum Gasteiger partial charge on any atom is 0.338 e. The summed E-state index contributed by atoms with van der Waals surface area (Å²) in [5.74, 6) is -1.14. The SMILES string of the molecule is COCCCN1C(=O)c2ccc(C(=O)OC(C)C(=O)Nc3ccc4c(c3)OCO4)cc2C1=O. The number of ether oxygens (including phenoxy) is 4. The summed E-state index contributed by atoms with van der Waals surface area (Å²) in [4.78, 5) is 51.3. The Hall–Kier alpha value is -3.92. The Balaban J connectivity index is 1.39. The molecule has 0 spiro atoms. The van der Waals surface area contributed by atoms with E-state index in [0.29, 0.717) is 30.2 Å². The lowest BCUT2D eigenvalue weighted by atomic mass is 10.1. The molecule has 10 heteroatoms. The number of imide groups is 1. The summed E-state index contributed by atoms with van der Waals surface area (Å²) in [6, 6.07) is 9.04. The molecule has 0 saturated heterocycles. The fraction of sp³-hybridized carbons (Fsp3) is 0.304. The molecule has 4 rings (SSSR count). The number of carbonyl (C=O) groups is 4. The van der Waals surface area contributed by atoms with Gasteiger partial charge in [0, 0.05) is 32.0 Å². The number of carbonyl (C=O) groups excluding carboxylic acids is 4. The number of benzene rings is 2. The summed E-state index contributed by atoms with van der Waals surface area (Å²) in [5, 5.41) is 2.65. The zero-order valence-electron chi connectivity index (χ0n) is 18.1. The highest BCUT2D eigenvalue weighted by atomic mass is 16.7. The summed E-state index contributed by atoms with van der Waals surface area (Å²) in [6.07, 6.45) is -0.605. The number of rotatable bonds is 8. The van der Waals surface area contributed by atoms with Crippen LogP contribution in [0.2, 0.25) is 0 Å². The molecule has 0 bridgehead atoms. The quantitative estimate of drug-likeness (QED) is 0.366. The van der Waals surface area contributed by atoms with E-state index >= 15 is 0 Å². The lowest BCUT2D eigenvalue weighted by Crippen LogP contribution is -2.31. The molecule has 33 heavy (non-hydrogen) atoms. The minimum atomic E-state index is -1.11. The van der Waals surface area contributed by atoms with Gasteiger partial charge < -0.3 is 24.3 Å². The van der Waals surface area contributed by atoms with Gasteiger partial charge >= 0.3 is 5.97 Å². The van der Waals surface area contributed by atoms with Gasteiger partial charge in [-0.3, -0.25) is 19.3 Å². The lowest BCUT2D eigenvalue weighted by molar-refractivity contribution is -0.123. The van der Waals surface area contributed by atoms with Crippen LogP contribution >= 0.6 is 0 Å². The van der Waals surface area contributed by atoms with Gasteiger partial charge in [-0.1, -0.05) is 0 Å². The molecule has 172 valence electrons. The van der Waals surface area contributed by atoms with Crippen molar-refractivity contribution >= 4 is 29.4 Å². The van der Waals surface area contributed by atoms with E-state index in [1.807, 2.05) is 0 Å². The van der Waals surface area contributed by atoms with E-state index in [2.05, 4.69) is 5.32 Å². The molecular formula is C23H22N2O8. The van der Waals surface area contributed by atoms with E-state index in [4.69, 9.17) is 18.9 Å². The first kappa shape index (κ1) is 22.3. The third-order valence-corrected chi connectivity index (χ3v) is 5.23. The van der Waals surface area contributed by atoms with Crippen LogP contribution in [0.5, 0.6) is 11.5 Å². The molecule has 3 amide bonds. The number of anilines is 1. The first-order valence-corrected chi connectivity index (χ1v) is 10.3. The van der Waals surface area contributed by atoms with Crippen LogP contribution in [-0.2, 0) is 14.3 Å². The Labute approximate surface area is 189 Å². The Kier molecular flexibility index (Phi) is 6.27. The molecular weight excluding hydrogens is 432 g/mol. The van der Waals surface area contributed by atoms with Crippen LogP contribution in [0.4, 0.5) is 5.69 Å². The number of fused-ring (bicyclic) bond motifs is 2. The van der Waals surface area contributed by atoms with Gasteiger partial charge in [-0.05, 0) is 43.7 Å². The first-order chi connectivity index (χ1) is 15.9. The Morgan fingerprint density at radius 1 is 1.06 bits per heavy atom. The summed E-state index contributed by atoms with van der Waals surface area (Å²) in [7, 11) is 1.54. The maximum atomic E-state index is 12.6. The molecule has 2 aromatic carbocycles. The van der Waals surface area contributed by atoms with Crippen molar-refractivity contribution in [3.8, 4) is 11.5 Å². The van der Waals surface area contributed by atoms with E-state index in [9.17, 15) is 19.2 Å². The Bertz CT molecular complexity index is 1130. The van der Waals surface area contributed by atoms with E-state index in [1.54, 1.807) is 18.2 Å². The van der Waals surface area contributed by atoms with Gasteiger partial charge in [-0.15, -0.1) is 0 Å². The molecule has 0 fully saturated rings. The molecule has 1 unspecified atom stereocenters. The van der Waals surface area contributed by atoms with Crippen molar-refractivity contribution in [1.82, 2.24) is 4.90 Å². The van der Waals surface area contributed by atoms with E-state index in [0.717, 1.165) is 4.90 Å². The number of nitrogens with one attached hydrogen (secondary N) is 1. The molecule has 2 aromatic rings. The third-order valence-electron chi connectivity index (χ3n) is 5.23. The fourth-order valence-electron chi connectivity index (χ4n) is 3.49. The van der Waals surface area contributed by atoms with E-state index < -0.39 is 29.8 Å². The molecule has 10 nitrogen and oxygen atoms in total. The summed E-state index contributed by atoms with van der Waals surface area (Å²) >= 11 is 0. The number of methoxy groups -OCH3 is 1. The van der Waals surface area contributed by atoms with Crippen LogP contribution in [0.3, 0.4) is 0 Å². The predicted octanol–water partition coefficient (Wildman–Crippen LogP) is 2.23. The highest BCUT2D eigenvalue weighted by Gasteiger charge is 2.36. The molecule has 0 aromatic heterocycles. The van der Waals surface area contributed by atoms with Crippen LogP contribution in [0.25, 0.3) is 0 Å². The van der Waals surface area contributed by atoms with Crippen molar-refractivity contribution in [1.29, 1.82) is 0 Å². The summed E-state index contributed by atoms with van der Waals surface area (Å²) < 4.78 is 20.7. The van der Waals surface area contributed by atoms with Gasteiger partial charge in [0.2, 0.25) is 6.79 Å². The highest BCUT2D eigenvalue weighted by Crippen LogP contribution is 2.34. The zero-order chi connectivity index (χ0) is 23.5. The van der Waals surface area contributed by atoms with Crippen LogP contribution in [0, 0.1) is 0 Å². The summed E-state index contributed by atoms with van der Waals surface area (Å²) in [6.45, 7) is 2.18. The van der Waals surface area contributed by atoms with Crippen LogP contribution in [-0.4, -0.2) is 61.7 Å². The lowest BCUT2D eigenvalue weighted by Gasteiger charge is -2.14. The second-order valence-electron chi connectivity index (χ2n) is 7.47. The van der Waals surface area contributed by atoms with E-state index in [-0.39, 0.29) is 30.0 Å². The maximum absolute atomic E-state index is 12.6. The average molecular weight is 454 g/mol. The van der Waals surface area contributed by atoms with Gasteiger partial charge in [0.05, 0.1) is 16.7 Å². The topological polar surface area (TPSA) is 120 Å². The molecule has 2 aliphatic rings.